The molecule has 0 aliphatic heterocycles. The van der Waals surface area contributed by atoms with Crippen molar-refractivity contribution in [3.05, 3.63) is 16.1 Å². The van der Waals surface area contributed by atoms with Crippen molar-refractivity contribution in [2.45, 2.75) is 25.4 Å². The molecule has 0 saturated carbocycles. The van der Waals surface area contributed by atoms with E-state index in [2.05, 4.69) is 4.98 Å². The van der Waals surface area contributed by atoms with Crippen LogP contribution in [0, 0.1) is 0 Å². The highest BCUT2D eigenvalue weighted by atomic mass is 32.1. The van der Waals surface area contributed by atoms with Crippen LogP contribution in [0.5, 0.6) is 0 Å². The summed E-state index contributed by atoms with van der Waals surface area (Å²) < 4.78 is 36.6. The van der Waals surface area contributed by atoms with Crippen molar-refractivity contribution in [1.82, 2.24) is 4.98 Å². The maximum Gasteiger partial charge on any atom is 0.434 e. The lowest BCUT2D eigenvalue weighted by Gasteiger charge is -2.18. The average Bonchev–Trinajstić information content (AvgIpc) is 2.51. The van der Waals surface area contributed by atoms with E-state index in [0.717, 1.165) is 16.7 Å². The second kappa shape index (κ2) is 3.51. The number of halogens is 3. The molecule has 0 aliphatic carbocycles. The monoisotopic (exact) mass is 224 g/mol. The maximum absolute atomic E-state index is 12.2. The van der Waals surface area contributed by atoms with Crippen molar-refractivity contribution in [3.8, 4) is 0 Å². The summed E-state index contributed by atoms with van der Waals surface area (Å²) in [4.78, 5) is 3.54. The van der Waals surface area contributed by atoms with Crippen LogP contribution in [0.4, 0.5) is 13.2 Å². The van der Waals surface area contributed by atoms with E-state index in [0.29, 0.717) is 5.01 Å². The van der Waals surface area contributed by atoms with Gasteiger partial charge >= 0.3 is 6.18 Å². The Morgan fingerprint density at radius 3 is 2.36 bits per heavy atom. The molecular formula is C8H11F3N2S. The fraction of sp³-hybridized carbons (Fsp3) is 0.625. The van der Waals surface area contributed by atoms with Gasteiger partial charge in [0.1, 0.15) is 5.01 Å². The van der Waals surface area contributed by atoms with Crippen LogP contribution >= 0.6 is 11.3 Å². The van der Waals surface area contributed by atoms with Gasteiger partial charge in [-0.2, -0.15) is 13.2 Å². The van der Waals surface area contributed by atoms with Gasteiger partial charge in [0.05, 0.1) is 0 Å². The highest BCUT2D eigenvalue weighted by Crippen LogP contribution is 2.33. The Morgan fingerprint density at radius 1 is 1.43 bits per heavy atom. The number of aromatic nitrogens is 1. The van der Waals surface area contributed by atoms with Crippen LogP contribution in [0.25, 0.3) is 0 Å². The summed E-state index contributed by atoms with van der Waals surface area (Å²) in [6.45, 7) is 3.82. The van der Waals surface area contributed by atoms with E-state index in [9.17, 15) is 13.2 Å². The van der Waals surface area contributed by atoms with Gasteiger partial charge in [-0.05, 0) is 0 Å². The first-order valence-electron chi connectivity index (χ1n) is 4.00. The van der Waals surface area contributed by atoms with E-state index in [1.165, 1.54) is 0 Å². The lowest BCUT2D eigenvalue weighted by atomic mass is 9.95. The zero-order chi connectivity index (χ0) is 11.0. The predicted octanol–water partition coefficient (Wildman–Crippen LogP) is 2.40. The fourth-order valence-electron chi connectivity index (χ4n) is 0.802. The number of nitrogens with two attached hydrogens (primary N) is 1. The van der Waals surface area contributed by atoms with E-state index in [1.54, 1.807) is 13.8 Å². The smallest absolute Gasteiger partial charge is 0.330 e. The molecule has 0 aromatic carbocycles. The molecule has 0 radical (unpaired) electrons. The van der Waals surface area contributed by atoms with Gasteiger partial charge in [-0.1, -0.05) is 13.8 Å². The van der Waals surface area contributed by atoms with Crippen LogP contribution in [-0.2, 0) is 11.6 Å². The van der Waals surface area contributed by atoms with Crippen molar-refractivity contribution in [2.24, 2.45) is 5.73 Å². The van der Waals surface area contributed by atoms with E-state index >= 15 is 0 Å². The number of thiazole rings is 1. The van der Waals surface area contributed by atoms with Crippen LogP contribution in [0.15, 0.2) is 5.38 Å². The fourth-order valence-corrected chi connectivity index (χ4v) is 1.77. The van der Waals surface area contributed by atoms with Crippen molar-refractivity contribution in [3.63, 3.8) is 0 Å². The van der Waals surface area contributed by atoms with Crippen LogP contribution in [-0.4, -0.2) is 11.5 Å². The highest BCUT2D eigenvalue weighted by molar-refractivity contribution is 7.09. The molecular weight excluding hydrogens is 213 g/mol. The van der Waals surface area contributed by atoms with Gasteiger partial charge < -0.3 is 5.73 Å². The zero-order valence-corrected chi connectivity index (χ0v) is 8.67. The molecule has 1 aromatic rings. The Balaban J connectivity index is 3.00. The summed E-state index contributed by atoms with van der Waals surface area (Å²) in [6.07, 6.45) is -4.36. The molecule has 0 aliphatic rings. The first-order valence-corrected chi connectivity index (χ1v) is 4.88. The van der Waals surface area contributed by atoms with Gasteiger partial charge in [-0.25, -0.2) is 4.98 Å². The van der Waals surface area contributed by atoms with E-state index in [1.807, 2.05) is 0 Å². The molecule has 14 heavy (non-hydrogen) atoms. The Labute approximate surface area is 84.0 Å². The third-order valence-corrected chi connectivity index (χ3v) is 3.09. The Bertz CT molecular complexity index is 317. The number of nitrogens with zero attached hydrogens (tertiary/aromatic N) is 1. The molecule has 1 rings (SSSR count). The summed E-state index contributed by atoms with van der Waals surface area (Å²) in [5.74, 6) is 0. The maximum atomic E-state index is 12.2. The molecule has 1 heterocycles. The third-order valence-electron chi connectivity index (χ3n) is 1.88. The van der Waals surface area contributed by atoms with Crippen LogP contribution < -0.4 is 5.73 Å². The van der Waals surface area contributed by atoms with Gasteiger partial charge in [0.25, 0.3) is 0 Å². The van der Waals surface area contributed by atoms with Crippen molar-refractivity contribution >= 4 is 11.3 Å². The second-order valence-electron chi connectivity index (χ2n) is 3.62. The molecule has 2 nitrogen and oxygen atoms in total. The lowest BCUT2D eigenvalue weighted by molar-refractivity contribution is -0.140. The van der Waals surface area contributed by atoms with Gasteiger partial charge in [0.2, 0.25) is 0 Å². The van der Waals surface area contributed by atoms with Crippen LogP contribution in [0.3, 0.4) is 0 Å². The predicted molar refractivity (Wildman–Crippen MR) is 49.2 cm³/mol. The largest absolute Gasteiger partial charge is 0.434 e. The van der Waals surface area contributed by atoms with E-state index in [-0.39, 0.29) is 6.54 Å². The molecule has 6 heteroatoms. The number of hydrogen-bond donors (Lipinski definition) is 1. The minimum Gasteiger partial charge on any atom is -0.330 e. The highest BCUT2D eigenvalue weighted by Gasteiger charge is 2.35. The Kier molecular flexibility index (Phi) is 2.87. The number of rotatable bonds is 2. The molecule has 0 fully saturated rings. The van der Waals surface area contributed by atoms with E-state index in [4.69, 9.17) is 5.73 Å². The lowest BCUT2D eigenvalue weighted by Crippen LogP contribution is -2.28. The summed E-state index contributed by atoms with van der Waals surface area (Å²) >= 11 is 0.997. The summed E-state index contributed by atoms with van der Waals surface area (Å²) in [7, 11) is 0. The molecule has 1 aromatic heterocycles. The SMILES string of the molecule is CC(C)(CN)c1nc(C(F)(F)F)cs1. The van der Waals surface area contributed by atoms with Gasteiger partial charge in [0, 0.05) is 17.3 Å². The van der Waals surface area contributed by atoms with Gasteiger partial charge in [0.15, 0.2) is 5.69 Å². The molecule has 2 N–H and O–H groups in total. The van der Waals surface area contributed by atoms with Crippen molar-refractivity contribution in [1.29, 1.82) is 0 Å². The molecule has 0 unspecified atom stereocenters. The minimum atomic E-state index is -4.36. The average molecular weight is 224 g/mol. The second-order valence-corrected chi connectivity index (χ2v) is 4.48. The quantitative estimate of drug-likeness (QED) is 0.837. The van der Waals surface area contributed by atoms with Gasteiger partial charge in [-0.3, -0.25) is 0 Å². The summed E-state index contributed by atoms with van der Waals surface area (Å²) in [5, 5.41) is 1.44. The summed E-state index contributed by atoms with van der Waals surface area (Å²) in [6, 6.07) is 0. The Morgan fingerprint density at radius 2 is 2.00 bits per heavy atom. The first kappa shape index (κ1) is 11.5. The standard InChI is InChI=1S/C8H11F3N2S/c1-7(2,4-12)6-13-5(3-14-6)8(9,10)11/h3H,4,12H2,1-2H3. The molecule has 0 bridgehead atoms. The molecule has 80 valence electrons. The van der Waals surface area contributed by atoms with E-state index < -0.39 is 17.3 Å². The Hall–Kier alpha value is -0.620. The topological polar surface area (TPSA) is 38.9 Å². The third kappa shape index (κ3) is 2.24. The van der Waals surface area contributed by atoms with Crippen molar-refractivity contribution < 1.29 is 13.2 Å². The number of alkyl halides is 3. The molecule has 0 spiro atoms. The normalized spacial score (nSPS) is 13.3. The zero-order valence-electron chi connectivity index (χ0n) is 7.85. The molecule has 0 atom stereocenters. The summed E-state index contributed by atoms with van der Waals surface area (Å²) in [5.41, 5.74) is 4.12. The van der Waals surface area contributed by atoms with Crippen LogP contribution in [0.2, 0.25) is 0 Å². The van der Waals surface area contributed by atoms with Gasteiger partial charge in [-0.15, -0.1) is 11.3 Å². The minimum absolute atomic E-state index is 0.276. The number of hydrogen-bond acceptors (Lipinski definition) is 3. The van der Waals surface area contributed by atoms with Crippen LogP contribution in [0.1, 0.15) is 24.5 Å². The first-order chi connectivity index (χ1) is 6.27. The van der Waals surface area contributed by atoms with Crippen molar-refractivity contribution in [2.75, 3.05) is 6.54 Å². The molecule has 0 saturated heterocycles. The molecule has 0 amide bonds.